The number of halogens is 1. The topological polar surface area (TPSA) is 27.7 Å². The molecular weight excluding hydrogens is 246 g/mol. The monoisotopic (exact) mass is 266 g/mol. The molecule has 1 aliphatic heterocycles. The van der Waals surface area contributed by atoms with Crippen LogP contribution in [0.2, 0.25) is 0 Å². The maximum absolute atomic E-state index is 14.1. The van der Waals surface area contributed by atoms with Crippen LogP contribution < -0.4 is 10.2 Å². The third-order valence-corrected chi connectivity index (χ3v) is 4.03. The van der Waals surface area contributed by atoms with Gasteiger partial charge in [-0.1, -0.05) is 12.1 Å². The van der Waals surface area contributed by atoms with E-state index in [1.165, 1.54) is 7.11 Å². The van der Waals surface area contributed by atoms with Crippen molar-refractivity contribution in [3.8, 4) is 5.75 Å². The van der Waals surface area contributed by atoms with Crippen LogP contribution in [0.5, 0.6) is 5.75 Å². The molecule has 0 N–H and O–H groups in total. The summed E-state index contributed by atoms with van der Waals surface area (Å²) in [7, 11) is 0.835. The Hall–Kier alpha value is -1.07. The first-order chi connectivity index (χ1) is 8.69. The lowest BCUT2D eigenvalue weighted by atomic mass is 9.78. The van der Waals surface area contributed by atoms with E-state index >= 15 is 0 Å². The molecule has 0 bridgehead atoms. The molecule has 0 aromatic heterocycles. The molecule has 1 saturated heterocycles. The van der Waals surface area contributed by atoms with Crippen LogP contribution in [0.15, 0.2) is 12.1 Å². The van der Waals surface area contributed by atoms with Gasteiger partial charge in [-0.3, -0.25) is 0 Å². The van der Waals surface area contributed by atoms with E-state index in [2.05, 4.69) is 0 Å². The first kappa shape index (κ1) is 14.3. The van der Waals surface area contributed by atoms with Crippen molar-refractivity contribution in [2.24, 2.45) is 0 Å². The van der Waals surface area contributed by atoms with Gasteiger partial charge in [-0.25, -0.2) is 4.39 Å². The number of methoxy groups -OCH3 is 1. The van der Waals surface area contributed by atoms with Crippen LogP contribution in [0.1, 0.15) is 33.3 Å². The van der Waals surface area contributed by atoms with Crippen LogP contribution in [0.25, 0.3) is 0 Å². The molecule has 0 radical (unpaired) electrons. The van der Waals surface area contributed by atoms with Gasteiger partial charge in [0.1, 0.15) is 0 Å². The van der Waals surface area contributed by atoms with Gasteiger partial charge in [-0.2, -0.15) is 0 Å². The van der Waals surface area contributed by atoms with E-state index in [4.69, 9.17) is 14.0 Å². The second-order valence-electron chi connectivity index (χ2n) is 5.91. The molecule has 0 aliphatic carbocycles. The number of aryl methyl sites for hydroxylation is 1. The number of benzene rings is 1. The van der Waals surface area contributed by atoms with E-state index in [9.17, 15) is 4.39 Å². The third-order valence-electron chi connectivity index (χ3n) is 4.03. The van der Waals surface area contributed by atoms with Crippen molar-refractivity contribution < 1.29 is 18.4 Å². The van der Waals surface area contributed by atoms with Crippen molar-refractivity contribution in [3.63, 3.8) is 0 Å². The smallest absolute Gasteiger partial charge is 0.494 e. The Balaban J connectivity index is 2.43. The summed E-state index contributed by atoms with van der Waals surface area (Å²) in [5, 5.41) is 0. The quantitative estimate of drug-likeness (QED) is 0.769. The fraction of sp³-hybridized carbons (Fsp3) is 0.571. The first-order valence-electron chi connectivity index (χ1n) is 6.38. The second kappa shape index (κ2) is 4.49. The van der Waals surface area contributed by atoms with Gasteiger partial charge in [0.2, 0.25) is 0 Å². The average Bonchev–Trinajstić information content (AvgIpc) is 2.51. The molecule has 1 heterocycles. The molecule has 0 amide bonds. The summed E-state index contributed by atoms with van der Waals surface area (Å²) in [6.07, 6.45) is 0. The largest absolute Gasteiger partial charge is 0.498 e. The maximum atomic E-state index is 14.1. The summed E-state index contributed by atoms with van der Waals surface area (Å²) in [6.45, 7) is 9.55. The molecule has 5 heteroatoms. The van der Waals surface area contributed by atoms with Crippen molar-refractivity contribution in [1.82, 2.24) is 0 Å². The molecule has 3 nitrogen and oxygen atoms in total. The average molecular weight is 266 g/mol. The van der Waals surface area contributed by atoms with E-state index in [0.717, 1.165) is 0 Å². The number of ether oxygens (including phenoxy) is 1. The van der Waals surface area contributed by atoms with Gasteiger partial charge in [0, 0.05) is 5.46 Å². The van der Waals surface area contributed by atoms with Crippen molar-refractivity contribution in [1.29, 1.82) is 0 Å². The Morgan fingerprint density at radius 3 is 2.11 bits per heavy atom. The summed E-state index contributed by atoms with van der Waals surface area (Å²) >= 11 is 0. The second-order valence-corrected chi connectivity index (χ2v) is 5.91. The molecule has 1 aromatic carbocycles. The summed E-state index contributed by atoms with van der Waals surface area (Å²) in [5.74, 6) is -0.173. The zero-order valence-electron chi connectivity index (χ0n) is 12.3. The Morgan fingerprint density at radius 2 is 1.63 bits per heavy atom. The summed E-state index contributed by atoms with van der Waals surface area (Å²) < 4.78 is 31.1. The van der Waals surface area contributed by atoms with Gasteiger partial charge < -0.3 is 14.0 Å². The van der Waals surface area contributed by atoms with Gasteiger partial charge >= 0.3 is 7.12 Å². The summed E-state index contributed by atoms with van der Waals surface area (Å²) in [5.41, 5.74) is 0.218. The van der Waals surface area contributed by atoms with E-state index in [-0.39, 0.29) is 11.6 Å². The molecule has 0 spiro atoms. The van der Waals surface area contributed by atoms with Gasteiger partial charge in [0.05, 0.1) is 18.3 Å². The molecule has 1 aliphatic rings. The molecule has 2 rings (SSSR count). The Labute approximate surface area is 114 Å². The normalized spacial score (nSPS) is 20.7. The zero-order chi connectivity index (χ0) is 14.4. The molecule has 19 heavy (non-hydrogen) atoms. The first-order valence-corrected chi connectivity index (χ1v) is 6.38. The van der Waals surface area contributed by atoms with Crippen LogP contribution in [-0.2, 0) is 9.31 Å². The highest BCUT2D eigenvalue weighted by Crippen LogP contribution is 2.37. The highest BCUT2D eigenvalue weighted by molar-refractivity contribution is 6.63. The van der Waals surface area contributed by atoms with Crippen molar-refractivity contribution in [3.05, 3.63) is 23.5 Å². The highest BCUT2D eigenvalue weighted by Gasteiger charge is 2.52. The lowest BCUT2D eigenvalue weighted by Gasteiger charge is -2.32. The molecule has 104 valence electrons. The molecule has 0 saturated carbocycles. The number of rotatable bonds is 2. The van der Waals surface area contributed by atoms with E-state index < -0.39 is 18.3 Å². The van der Waals surface area contributed by atoms with E-state index in [1.807, 2.05) is 27.7 Å². The van der Waals surface area contributed by atoms with E-state index in [0.29, 0.717) is 11.0 Å². The van der Waals surface area contributed by atoms with Gasteiger partial charge in [0.25, 0.3) is 0 Å². The van der Waals surface area contributed by atoms with Crippen molar-refractivity contribution in [2.45, 2.75) is 45.8 Å². The molecule has 1 fully saturated rings. The van der Waals surface area contributed by atoms with Crippen molar-refractivity contribution >= 4 is 12.6 Å². The van der Waals surface area contributed by atoms with Gasteiger partial charge in [-0.15, -0.1) is 0 Å². The summed E-state index contributed by atoms with van der Waals surface area (Å²) in [4.78, 5) is 0. The van der Waals surface area contributed by atoms with Crippen LogP contribution in [0.4, 0.5) is 4.39 Å². The van der Waals surface area contributed by atoms with Crippen LogP contribution in [0.3, 0.4) is 0 Å². The predicted octanol–water partition coefficient (Wildman–Crippen LogP) is 2.44. The zero-order valence-corrected chi connectivity index (χ0v) is 12.3. The number of hydrogen-bond donors (Lipinski definition) is 0. The van der Waals surface area contributed by atoms with Gasteiger partial charge in [0.15, 0.2) is 11.6 Å². The minimum Gasteiger partial charge on any atom is -0.494 e. The van der Waals surface area contributed by atoms with Crippen LogP contribution in [0, 0.1) is 12.7 Å². The third kappa shape index (κ3) is 2.25. The Kier molecular flexibility index (Phi) is 3.39. The van der Waals surface area contributed by atoms with Gasteiger partial charge in [-0.05, 0) is 40.2 Å². The molecule has 1 aromatic rings. The SMILES string of the molecule is COc1c(B2OC(C)(C)C(C)(C)O2)ccc(C)c1F. The van der Waals surface area contributed by atoms with Crippen LogP contribution in [-0.4, -0.2) is 25.4 Å². The van der Waals surface area contributed by atoms with Crippen molar-refractivity contribution in [2.75, 3.05) is 7.11 Å². The Bertz CT molecular complexity index is 484. The van der Waals surface area contributed by atoms with Crippen LogP contribution >= 0.6 is 0 Å². The summed E-state index contributed by atoms with van der Waals surface area (Å²) in [6, 6.07) is 3.50. The minimum absolute atomic E-state index is 0.193. The standard InChI is InChI=1S/C14H20BFO3/c1-9-7-8-10(12(17-6)11(9)16)15-18-13(2,3)14(4,5)19-15/h7-8H,1-6H3. The fourth-order valence-electron chi connectivity index (χ4n) is 2.03. The molecule has 0 atom stereocenters. The number of hydrogen-bond acceptors (Lipinski definition) is 3. The minimum atomic E-state index is -0.616. The fourth-order valence-corrected chi connectivity index (χ4v) is 2.03. The highest BCUT2D eigenvalue weighted by atomic mass is 19.1. The predicted molar refractivity (Wildman–Crippen MR) is 73.4 cm³/mol. The lowest BCUT2D eigenvalue weighted by molar-refractivity contribution is 0.00578. The lowest BCUT2D eigenvalue weighted by Crippen LogP contribution is -2.41. The Morgan fingerprint density at radius 1 is 1.11 bits per heavy atom. The van der Waals surface area contributed by atoms with E-state index in [1.54, 1.807) is 19.1 Å². The molecule has 0 unspecified atom stereocenters. The maximum Gasteiger partial charge on any atom is 0.498 e. The molecular formula is C14H20BFO3.